The van der Waals surface area contributed by atoms with E-state index in [0.29, 0.717) is 12.8 Å². The maximum atomic E-state index is 9.74. The summed E-state index contributed by atoms with van der Waals surface area (Å²) in [5.74, 6) is 0.227. The summed E-state index contributed by atoms with van der Waals surface area (Å²) in [6.45, 7) is 5.95. The first kappa shape index (κ1) is 9.92. The lowest BCUT2D eigenvalue weighted by atomic mass is 9.85. The van der Waals surface area contributed by atoms with E-state index in [9.17, 15) is 5.11 Å². The second-order valence-corrected chi connectivity index (χ2v) is 3.09. The van der Waals surface area contributed by atoms with Gasteiger partial charge in [0.05, 0.1) is 5.60 Å². The van der Waals surface area contributed by atoms with Gasteiger partial charge < -0.3 is 10.2 Å². The molecule has 0 rings (SSSR count). The predicted molar refractivity (Wildman–Crippen MR) is 41.8 cm³/mol. The van der Waals surface area contributed by atoms with Crippen molar-refractivity contribution in [1.82, 2.24) is 0 Å². The first-order valence-corrected chi connectivity index (χ1v) is 3.90. The molecule has 1 atom stereocenters. The largest absolute Gasteiger partial charge is 0.396 e. The van der Waals surface area contributed by atoms with Crippen molar-refractivity contribution in [3.63, 3.8) is 0 Å². The summed E-state index contributed by atoms with van der Waals surface area (Å²) in [4.78, 5) is 0. The Morgan fingerprint density at radius 2 is 1.90 bits per heavy atom. The van der Waals surface area contributed by atoms with Gasteiger partial charge >= 0.3 is 0 Å². The summed E-state index contributed by atoms with van der Waals surface area (Å²) in [6.07, 6.45) is 1.20. The molecule has 0 unspecified atom stereocenters. The van der Waals surface area contributed by atoms with Crippen LogP contribution in [0.2, 0.25) is 0 Å². The van der Waals surface area contributed by atoms with E-state index in [4.69, 9.17) is 5.11 Å². The van der Waals surface area contributed by atoms with Crippen molar-refractivity contribution in [2.24, 2.45) is 5.92 Å². The molecule has 0 saturated carbocycles. The van der Waals surface area contributed by atoms with Crippen LogP contribution in [0.1, 0.15) is 33.6 Å². The van der Waals surface area contributed by atoms with Gasteiger partial charge in [-0.25, -0.2) is 0 Å². The lowest BCUT2D eigenvalue weighted by Gasteiger charge is -2.30. The fourth-order valence-corrected chi connectivity index (χ4v) is 1.07. The standard InChI is InChI=1S/C8H18O2/c1-4-8(10,5-6-9)7(2)3/h7,9-10H,4-6H2,1-3H3/t8-/m1/s1. The summed E-state index contributed by atoms with van der Waals surface area (Å²) in [6, 6.07) is 0. The van der Waals surface area contributed by atoms with E-state index in [1.165, 1.54) is 0 Å². The van der Waals surface area contributed by atoms with E-state index in [2.05, 4.69) is 0 Å². The first-order chi connectivity index (χ1) is 4.56. The molecule has 0 radical (unpaired) electrons. The highest BCUT2D eigenvalue weighted by molar-refractivity contribution is 4.79. The average Bonchev–Trinajstić information content (AvgIpc) is 1.88. The monoisotopic (exact) mass is 146 g/mol. The van der Waals surface area contributed by atoms with Gasteiger partial charge in [0.25, 0.3) is 0 Å². The van der Waals surface area contributed by atoms with Crippen LogP contribution in [0.15, 0.2) is 0 Å². The summed E-state index contributed by atoms with van der Waals surface area (Å²) < 4.78 is 0. The topological polar surface area (TPSA) is 40.5 Å². The van der Waals surface area contributed by atoms with Gasteiger partial charge in [0.2, 0.25) is 0 Å². The molecule has 0 heterocycles. The molecule has 0 bridgehead atoms. The van der Waals surface area contributed by atoms with Gasteiger partial charge in [0, 0.05) is 6.61 Å². The van der Waals surface area contributed by atoms with Crippen LogP contribution in [0.4, 0.5) is 0 Å². The highest BCUT2D eigenvalue weighted by Gasteiger charge is 2.27. The molecular formula is C8H18O2. The Morgan fingerprint density at radius 1 is 1.40 bits per heavy atom. The maximum Gasteiger partial charge on any atom is 0.0689 e. The molecule has 0 aliphatic heterocycles. The zero-order valence-electron chi connectivity index (χ0n) is 7.09. The van der Waals surface area contributed by atoms with Crippen molar-refractivity contribution in [2.45, 2.75) is 39.2 Å². The van der Waals surface area contributed by atoms with Gasteiger partial charge in [-0.2, -0.15) is 0 Å². The quantitative estimate of drug-likeness (QED) is 0.625. The van der Waals surface area contributed by atoms with E-state index in [-0.39, 0.29) is 12.5 Å². The minimum absolute atomic E-state index is 0.0719. The third-order valence-electron chi connectivity index (χ3n) is 2.23. The Kier molecular flexibility index (Phi) is 3.91. The predicted octanol–water partition coefficient (Wildman–Crippen LogP) is 1.17. The fraction of sp³-hybridized carbons (Fsp3) is 1.00. The molecule has 2 nitrogen and oxygen atoms in total. The molecule has 0 aliphatic rings. The van der Waals surface area contributed by atoms with E-state index in [0.717, 1.165) is 0 Å². The summed E-state index contributed by atoms with van der Waals surface area (Å²) in [5, 5.41) is 18.4. The van der Waals surface area contributed by atoms with E-state index in [1.807, 2.05) is 20.8 Å². The summed E-state index contributed by atoms with van der Waals surface area (Å²) in [5.41, 5.74) is -0.658. The van der Waals surface area contributed by atoms with Gasteiger partial charge in [-0.15, -0.1) is 0 Å². The second-order valence-electron chi connectivity index (χ2n) is 3.09. The normalized spacial score (nSPS) is 17.4. The van der Waals surface area contributed by atoms with Crippen LogP contribution in [-0.4, -0.2) is 22.4 Å². The molecule has 0 aromatic carbocycles. The number of hydrogen-bond acceptors (Lipinski definition) is 2. The molecule has 2 N–H and O–H groups in total. The van der Waals surface area contributed by atoms with Gasteiger partial charge in [0.1, 0.15) is 0 Å². The van der Waals surface area contributed by atoms with Crippen molar-refractivity contribution in [2.75, 3.05) is 6.61 Å². The Morgan fingerprint density at radius 3 is 2.00 bits per heavy atom. The van der Waals surface area contributed by atoms with Crippen LogP contribution < -0.4 is 0 Å². The molecule has 0 spiro atoms. The van der Waals surface area contributed by atoms with Crippen LogP contribution >= 0.6 is 0 Å². The van der Waals surface area contributed by atoms with Crippen LogP contribution in [-0.2, 0) is 0 Å². The third kappa shape index (κ3) is 2.27. The highest BCUT2D eigenvalue weighted by atomic mass is 16.3. The van der Waals surface area contributed by atoms with E-state index >= 15 is 0 Å². The minimum Gasteiger partial charge on any atom is -0.396 e. The lowest BCUT2D eigenvalue weighted by molar-refractivity contribution is -0.0283. The Hall–Kier alpha value is -0.0800. The lowest BCUT2D eigenvalue weighted by Crippen LogP contribution is -2.35. The van der Waals surface area contributed by atoms with Crippen LogP contribution in [0, 0.1) is 5.92 Å². The first-order valence-electron chi connectivity index (χ1n) is 3.90. The molecule has 0 amide bonds. The zero-order chi connectivity index (χ0) is 8.20. The number of hydrogen-bond donors (Lipinski definition) is 2. The van der Waals surface area contributed by atoms with Gasteiger partial charge in [-0.1, -0.05) is 20.8 Å². The summed E-state index contributed by atoms with van der Waals surface area (Å²) >= 11 is 0. The van der Waals surface area contributed by atoms with E-state index < -0.39 is 5.60 Å². The third-order valence-corrected chi connectivity index (χ3v) is 2.23. The maximum absolute atomic E-state index is 9.74. The van der Waals surface area contributed by atoms with Crippen molar-refractivity contribution in [3.05, 3.63) is 0 Å². The second kappa shape index (κ2) is 3.94. The number of aliphatic hydroxyl groups is 2. The molecule has 0 fully saturated rings. The molecule has 10 heavy (non-hydrogen) atoms. The van der Waals surface area contributed by atoms with Gasteiger partial charge in [-0.05, 0) is 18.8 Å². The van der Waals surface area contributed by atoms with Crippen molar-refractivity contribution >= 4 is 0 Å². The Labute approximate surface area is 62.9 Å². The number of aliphatic hydroxyl groups excluding tert-OH is 1. The summed E-state index contributed by atoms with van der Waals surface area (Å²) in [7, 11) is 0. The molecule has 2 heteroatoms. The van der Waals surface area contributed by atoms with E-state index in [1.54, 1.807) is 0 Å². The van der Waals surface area contributed by atoms with Crippen LogP contribution in [0.3, 0.4) is 0 Å². The average molecular weight is 146 g/mol. The van der Waals surface area contributed by atoms with Crippen molar-refractivity contribution < 1.29 is 10.2 Å². The molecule has 0 saturated heterocycles. The molecule has 0 aromatic heterocycles. The molecular weight excluding hydrogens is 128 g/mol. The minimum atomic E-state index is -0.658. The Balaban J connectivity index is 3.94. The SMILES string of the molecule is CC[C@@](O)(CCO)C(C)C. The van der Waals surface area contributed by atoms with Crippen molar-refractivity contribution in [3.8, 4) is 0 Å². The van der Waals surface area contributed by atoms with Gasteiger partial charge in [-0.3, -0.25) is 0 Å². The molecule has 62 valence electrons. The van der Waals surface area contributed by atoms with Crippen molar-refractivity contribution in [1.29, 1.82) is 0 Å². The smallest absolute Gasteiger partial charge is 0.0689 e. The van der Waals surface area contributed by atoms with Crippen LogP contribution in [0.5, 0.6) is 0 Å². The Bertz CT molecular complexity index is 91.3. The molecule has 0 aliphatic carbocycles. The van der Waals surface area contributed by atoms with Crippen LogP contribution in [0.25, 0.3) is 0 Å². The zero-order valence-corrected chi connectivity index (χ0v) is 7.09. The fourth-order valence-electron chi connectivity index (χ4n) is 1.07. The molecule has 0 aromatic rings. The highest BCUT2D eigenvalue weighted by Crippen LogP contribution is 2.23. The number of rotatable bonds is 4. The van der Waals surface area contributed by atoms with Gasteiger partial charge in [0.15, 0.2) is 0 Å².